The quantitative estimate of drug-likeness (QED) is 0.787. The van der Waals surface area contributed by atoms with Gasteiger partial charge in [0.05, 0.1) is 0 Å². The summed E-state index contributed by atoms with van der Waals surface area (Å²) in [5.74, 6) is 0.663. The highest BCUT2D eigenvalue weighted by molar-refractivity contribution is 5.74. The first kappa shape index (κ1) is 13.3. The zero-order chi connectivity index (χ0) is 12.0. The number of nitrogens with zero attached hydrogens (tertiary/aromatic N) is 2. The van der Waals surface area contributed by atoms with Crippen LogP contribution in [0.5, 0.6) is 0 Å². The van der Waals surface area contributed by atoms with E-state index in [1.165, 1.54) is 12.8 Å². The Labute approximate surface area is 99.0 Å². The molecule has 1 saturated heterocycles. The molecule has 4 nitrogen and oxygen atoms in total. The standard InChI is InChI=1S/C12H25N3O/c1-4-15(5-2)12(16)13-10-11-6-8-14(3)9-7-11/h11H,4-10H2,1-3H3,(H,13,16). The van der Waals surface area contributed by atoms with E-state index in [4.69, 9.17) is 0 Å². The molecule has 1 N–H and O–H groups in total. The van der Waals surface area contributed by atoms with E-state index in [0.29, 0.717) is 5.92 Å². The van der Waals surface area contributed by atoms with Gasteiger partial charge in [-0.25, -0.2) is 4.79 Å². The second-order valence-electron chi connectivity index (χ2n) is 4.60. The van der Waals surface area contributed by atoms with Crippen molar-refractivity contribution in [3.63, 3.8) is 0 Å². The molecule has 0 bridgehead atoms. The minimum atomic E-state index is 0.0870. The monoisotopic (exact) mass is 227 g/mol. The average Bonchev–Trinajstić information content (AvgIpc) is 2.30. The Balaban J connectivity index is 2.21. The van der Waals surface area contributed by atoms with Crippen molar-refractivity contribution in [1.29, 1.82) is 0 Å². The molecule has 0 aliphatic carbocycles. The molecule has 16 heavy (non-hydrogen) atoms. The van der Waals surface area contributed by atoms with Crippen LogP contribution in [0, 0.1) is 5.92 Å². The zero-order valence-corrected chi connectivity index (χ0v) is 10.8. The van der Waals surface area contributed by atoms with Crippen LogP contribution in [0.1, 0.15) is 26.7 Å². The number of rotatable bonds is 4. The third kappa shape index (κ3) is 4.00. The predicted molar refractivity (Wildman–Crippen MR) is 66.5 cm³/mol. The zero-order valence-electron chi connectivity index (χ0n) is 10.8. The molecule has 0 aromatic carbocycles. The number of amides is 2. The van der Waals surface area contributed by atoms with Gasteiger partial charge in [0, 0.05) is 19.6 Å². The third-order valence-corrected chi connectivity index (χ3v) is 3.43. The lowest BCUT2D eigenvalue weighted by molar-refractivity contribution is 0.190. The van der Waals surface area contributed by atoms with Crippen LogP contribution in [-0.2, 0) is 0 Å². The molecule has 0 aromatic heterocycles. The first-order valence-electron chi connectivity index (χ1n) is 6.38. The molecule has 0 atom stereocenters. The van der Waals surface area contributed by atoms with Crippen LogP contribution in [0.4, 0.5) is 4.79 Å². The highest BCUT2D eigenvalue weighted by atomic mass is 16.2. The fourth-order valence-electron chi connectivity index (χ4n) is 2.12. The number of carbonyl (C=O) groups excluding carboxylic acids is 1. The maximum Gasteiger partial charge on any atom is 0.317 e. The highest BCUT2D eigenvalue weighted by Crippen LogP contribution is 2.14. The SMILES string of the molecule is CCN(CC)C(=O)NCC1CCN(C)CC1. The number of carbonyl (C=O) groups is 1. The summed E-state index contributed by atoms with van der Waals surface area (Å²) < 4.78 is 0. The molecule has 1 fully saturated rings. The molecule has 0 aromatic rings. The molecule has 1 heterocycles. The molecular formula is C12H25N3O. The van der Waals surface area contributed by atoms with Crippen molar-refractivity contribution < 1.29 is 4.79 Å². The number of urea groups is 1. The topological polar surface area (TPSA) is 35.6 Å². The fraction of sp³-hybridized carbons (Fsp3) is 0.917. The second-order valence-corrected chi connectivity index (χ2v) is 4.60. The van der Waals surface area contributed by atoms with Crippen molar-refractivity contribution in [2.45, 2.75) is 26.7 Å². The summed E-state index contributed by atoms with van der Waals surface area (Å²) in [4.78, 5) is 15.9. The molecule has 0 spiro atoms. The summed E-state index contributed by atoms with van der Waals surface area (Å²) in [6.07, 6.45) is 2.41. The number of hydrogen-bond acceptors (Lipinski definition) is 2. The summed E-state index contributed by atoms with van der Waals surface area (Å²) in [5.41, 5.74) is 0. The maximum atomic E-state index is 11.7. The minimum Gasteiger partial charge on any atom is -0.338 e. The number of likely N-dealkylation sites (tertiary alicyclic amines) is 1. The van der Waals surface area contributed by atoms with Gasteiger partial charge in [-0.05, 0) is 52.7 Å². The van der Waals surface area contributed by atoms with Crippen LogP contribution in [0.2, 0.25) is 0 Å². The van der Waals surface area contributed by atoms with Gasteiger partial charge in [0.25, 0.3) is 0 Å². The predicted octanol–water partition coefficient (Wildman–Crippen LogP) is 1.38. The van der Waals surface area contributed by atoms with Crippen LogP contribution in [0.15, 0.2) is 0 Å². The van der Waals surface area contributed by atoms with E-state index in [1.807, 2.05) is 18.7 Å². The average molecular weight is 227 g/mol. The molecular weight excluding hydrogens is 202 g/mol. The molecule has 2 amide bonds. The van der Waals surface area contributed by atoms with Crippen molar-refractivity contribution >= 4 is 6.03 Å². The van der Waals surface area contributed by atoms with Gasteiger partial charge in [0.1, 0.15) is 0 Å². The van der Waals surface area contributed by atoms with Gasteiger partial charge < -0.3 is 15.1 Å². The normalized spacial score (nSPS) is 18.4. The van der Waals surface area contributed by atoms with E-state index in [2.05, 4.69) is 17.3 Å². The van der Waals surface area contributed by atoms with Gasteiger partial charge in [-0.2, -0.15) is 0 Å². The summed E-state index contributed by atoms with van der Waals surface area (Å²) in [6.45, 7) is 8.75. The van der Waals surface area contributed by atoms with Crippen molar-refractivity contribution in [1.82, 2.24) is 15.1 Å². The van der Waals surface area contributed by atoms with E-state index in [-0.39, 0.29) is 6.03 Å². The van der Waals surface area contributed by atoms with Crippen LogP contribution >= 0.6 is 0 Å². The molecule has 1 aliphatic rings. The number of piperidine rings is 1. The Bertz CT molecular complexity index is 208. The molecule has 1 aliphatic heterocycles. The number of hydrogen-bond donors (Lipinski definition) is 1. The van der Waals surface area contributed by atoms with E-state index in [9.17, 15) is 4.79 Å². The Morgan fingerprint density at radius 1 is 1.31 bits per heavy atom. The van der Waals surface area contributed by atoms with Gasteiger partial charge in [0.2, 0.25) is 0 Å². The first-order valence-corrected chi connectivity index (χ1v) is 6.38. The maximum absolute atomic E-state index is 11.7. The Morgan fingerprint density at radius 3 is 2.38 bits per heavy atom. The second kappa shape index (κ2) is 6.74. The highest BCUT2D eigenvalue weighted by Gasteiger charge is 2.18. The lowest BCUT2D eigenvalue weighted by atomic mass is 9.97. The molecule has 1 rings (SSSR count). The van der Waals surface area contributed by atoms with Gasteiger partial charge >= 0.3 is 6.03 Å². The van der Waals surface area contributed by atoms with Crippen molar-refractivity contribution in [3.8, 4) is 0 Å². The lowest BCUT2D eigenvalue weighted by Gasteiger charge is -2.29. The lowest BCUT2D eigenvalue weighted by Crippen LogP contribution is -2.43. The van der Waals surface area contributed by atoms with E-state index in [1.54, 1.807) is 0 Å². The molecule has 94 valence electrons. The van der Waals surface area contributed by atoms with Crippen LogP contribution < -0.4 is 5.32 Å². The smallest absolute Gasteiger partial charge is 0.317 e. The van der Waals surface area contributed by atoms with Crippen molar-refractivity contribution in [2.75, 3.05) is 39.8 Å². The number of nitrogens with one attached hydrogen (secondary N) is 1. The first-order chi connectivity index (χ1) is 7.67. The van der Waals surface area contributed by atoms with Gasteiger partial charge in [-0.3, -0.25) is 0 Å². The van der Waals surface area contributed by atoms with Crippen LogP contribution in [-0.4, -0.2) is 55.6 Å². The van der Waals surface area contributed by atoms with Crippen molar-refractivity contribution in [2.24, 2.45) is 5.92 Å². The van der Waals surface area contributed by atoms with Crippen LogP contribution in [0.25, 0.3) is 0 Å². The molecule has 0 unspecified atom stereocenters. The van der Waals surface area contributed by atoms with Gasteiger partial charge in [-0.1, -0.05) is 0 Å². The summed E-state index contributed by atoms with van der Waals surface area (Å²) >= 11 is 0. The Morgan fingerprint density at radius 2 is 1.88 bits per heavy atom. The Hall–Kier alpha value is -0.770. The van der Waals surface area contributed by atoms with E-state index in [0.717, 1.165) is 32.7 Å². The summed E-state index contributed by atoms with van der Waals surface area (Å²) in [6, 6.07) is 0.0870. The largest absolute Gasteiger partial charge is 0.338 e. The van der Waals surface area contributed by atoms with E-state index < -0.39 is 0 Å². The van der Waals surface area contributed by atoms with E-state index >= 15 is 0 Å². The molecule has 0 radical (unpaired) electrons. The summed E-state index contributed by atoms with van der Waals surface area (Å²) in [5, 5.41) is 3.04. The van der Waals surface area contributed by atoms with Gasteiger partial charge in [-0.15, -0.1) is 0 Å². The van der Waals surface area contributed by atoms with Crippen LogP contribution in [0.3, 0.4) is 0 Å². The Kier molecular flexibility index (Phi) is 5.60. The molecule has 0 saturated carbocycles. The summed E-state index contributed by atoms with van der Waals surface area (Å²) in [7, 11) is 2.16. The van der Waals surface area contributed by atoms with Gasteiger partial charge in [0.15, 0.2) is 0 Å². The molecule has 4 heteroatoms. The fourth-order valence-corrected chi connectivity index (χ4v) is 2.12. The third-order valence-electron chi connectivity index (χ3n) is 3.43. The van der Waals surface area contributed by atoms with Crippen molar-refractivity contribution in [3.05, 3.63) is 0 Å². The minimum absolute atomic E-state index is 0.0870.